The molecule has 2 heterocycles. The van der Waals surface area contributed by atoms with Gasteiger partial charge < -0.3 is 10.1 Å². The normalized spacial score (nSPS) is 10.8. The van der Waals surface area contributed by atoms with E-state index in [1.54, 1.807) is 31.2 Å². The second-order valence-corrected chi connectivity index (χ2v) is 7.16. The van der Waals surface area contributed by atoms with Crippen LogP contribution >= 0.6 is 0 Å². The molecule has 156 valence electrons. The van der Waals surface area contributed by atoms with Gasteiger partial charge in [-0.05, 0) is 54.8 Å². The zero-order valence-corrected chi connectivity index (χ0v) is 17.5. The summed E-state index contributed by atoms with van der Waals surface area (Å²) in [7, 11) is 0. The predicted molar refractivity (Wildman–Crippen MR) is 119 cm³/mol. The lowest BCUT2D eigenvalue weighted by Gasteiger charge is -2.08. The number of aryl methyl sites for hydroxylation is 1. The third-order valence-electron chi connectivity index (χ3n) is 5.03. The molecule has 0 bridgehead atoms. The van der Waals surface area contributed by atoms with Crippen molar-refractivity contribution in [3.8, 4) is 11.1 Å². The Morgan fingerprint density at radius 3 is 2.42 bits per heavy atom. The van der Waals surface area contributed by atoms with Crippen LogP contribution in [0, 0.1) is 6.92 Å². The molecule has 0 saturated carbocycles. The Morgan fingerprint density at radius 1 is 0.968 bits per heavy atom. The number of amides is 1. The summed E-state index contributed by atoms with van der Waals surface area (Å²) in [5.74, 6) is -0.557. The lowest BCUT2D eigenvalue weighted by Crippen LogP contribution is -2.25. The van der Waals surface area contributed by atoms with E-state index in [0.717, 1.165) is 22.3 Å². The number of rotatable bonds is 6. The highest BCUT2D eigenvalue weighted by Gasteiger charge is 2.17. The Kier molecular flexibility index (Phi) is 5.80. The summed E-state index contributed by atoms with van der Waals surface area (Å²) in [5.41, 5.74) is 5.36. The number of hydrogen-bond acceptors (Lipinski definition) is 4. The van der Waals surface area contributed by atoms with Crippen molar-refractivity contribution in [3.63, 3.8) is 0 Å². The maximum atomic E-state index is 13.0. The summed E-state index contributed by atoms with van der Waals surface area (Å²) in [6.45, 7) is 4.28. The van der Waals surface area contributed by atoms with Gasteiger partial charge in [0.15, 0.2) is 0 Å². The number of nitrogens with zero attached hydrogens (tertiary/aromatic N) is 2. The molecule has 0 saturated heterocycles. The Morgan fingerprint density at radius 2 is 1.71 bits per heavy atom. The van der Waals surface area contributed by atoms with E-state index in [0.29, 0.717) is 30.1 Å². The summed E-state index contributed by atoms with van der Waals surface area (Å²) in [6, 6.07) is 20.9. The van der Waals surface area contributed by atoms with Gasteiger partial charge in [0.1, 0.15) is 11.3 Å². The number of carbonyl (C=O) groups excluding carboxylic acids is 2. The number of carbonyl (C=O) groups is 2. The first kappa shape index (κ1) is 20.3. The van der Waals surface area contributed by atoms with E-state index in [2.05, 4.69) is 10.3 Å². The Bertz CT molecular complexity index is 1230. The van der Waals surface area contributed by atoms with E-state index in [-0.39, 0.29) is 11.9 Å². The highest BCUT2D eigenvalue weighted by Crippen LogP contribution is 2.22. The van der Waals surface area contributed by atoms with Crippen LogP contribution in [-0.4, -0.2) is 27.9 Å². The molecular formula is C25H23N3O3. The van der Waals surface area contributed by atoms with Crippen LogP contribution in [0.15, 0.2) is 72.9 Å². The number of fused-ring (bicyclic) bond motifs is 1. The average molecular weight is 413 g/mol. The molecule has 4 aromatic rings. The highest BCUT2D eigenvalue weighted by atomic mass is 16.5. The van der Waals surface area contributed by atoms with E-state index < -0.39 is 0 Å². The Balaban J connectivity index is 1.53. The van der Waals surface area contributed by atoms with Crippen LogP contribution in [0.25, 0.3) is 16.8 Å². The van der Waals surface area contributed by atoms with E-state index in [9.17, 15) is 9.59 Å². The number of pyridine rings is 1. The summed E-state index contributed by atoms with van der Waals surface area (Å²) in [5, 5.41) is 2.95. The smallest absolute Gasteiger partial charge is 0.338 e. The van der Waals surface area contributed by atoms with Crippen molar-refractivity contribution in [2.75, 3.05) is 6.61 Å². The fourth-order valence-electron chi connectivity index (χ4n) is 3.48. The molecule has 6 nitrogen and oxygen atoms in total. The van der Waals surface area contributed by atoms with Gasteiger partial charge in [0.2, 0.25) is 0 Å². The third kappa shape index (κ3) is 4.33. The molecule has 31 heavy (non-hydrogen) atoms. The highest BCUT2D eigenvalue weighted by molar-refractivity contribution is 5.95. The molecule has 0 radical (unpaired) electrons. The number of ether oxygens (including phenoxy) is 1. The maximum absolute atomic E-state index is 13.0. The number of esters is 1. The van der Waals surface area contributed by atoms with Gasteiger partial charge in [-0.3, -0.25) is 9.20 Å². The standard InChI is InChI=1S/C25H23N3O3/c1-3-31-25(30)20-11-9-18(10-12-20)15-26-24(29)23-17(2)27-22-14-13-21(16-28(22)23)19-7-5-4-6-8-19/h4-14,16H,3,15H2,1-2H3,(H,26,29). The van der Waals surface area contributed by atoms with Gasteiger partial charge in [-0.2, -0.15) is 0 Å². The van der Waals surface area contributed by atoms with Crippen LogP contribution in [0.4, 0.5) is 0 Å². The second-order valence-electron chi connectivity index (χ2n) is 7.16. The molecule has 0 unspecified atom stereocenters. The maximum Gasteiger partial charge on any atom is 0.338 e. The summed E-state index contributed by atoms with van der Waals surface area (Å²) in [6.07, 6.45) is 1.94. The Labute approximate surface area is 180 Å². The summed E-state index contributed by atoms with van der Waals surface area (Å²) >= 11 is 0. The number of aromatic nitrogens is 2. The van der Waals surface area contributed by atoms with Gasteiger partial charge in [-0.25, -0.2) is 9.78 Å². The lowest BCUT2D eigenvalue weighted by atomic mass is 10.1. The zero-order valence-electron chi connectivity index (χ0n) is 17.5. The second kappa shape index (κ2) is 8.83. The molecule has 0 aliphatic carbocycles. The van der Waals surface area contributed by atoms with Crippen molar-refractivity contribution in [2.45, 2.75) is 20.4 Å². The van der Waals surface area contributed by atoms with Crippen LogP contribution in [0.1, 0.15) is 39.0 Å². The number of hydrogen-bond donors (Lipinski definition) is 1. The minimum absolute atomic E-state index is 0.204. The first-order valence-corrected chi connectivity index (χ1v) is 10.1. The van der Waals surface area contributed by atoms with Crippen molar-refractivity contribution in [3.05, 3.63) is 95.4 Å². The largest absolute Gasteiger partial charge is 0.462 e. The van der Waals surface area contributed by atoms with Crippen molar-refractivity contribution < 1.29 is 14.3 Å². The molecule has 0 fully saturated rings. The first-order chi connectivity index (χ1) is 15.1. The molecule has 1 N–H and O–H groups in total. The van der Waals surface area contributed by atoms with E-state index >= 15 is 0 Å². The van der Waals surface area contributed by atoms with Gasteiger partial charge in [0.25, 0.3) is 5.91 Å². The zero-order chi connectivity index (χ0) is 21.8. The molecule has 0 atom stereocenters. The Hall–Kier alpha value is -3.93. The topological polar surface area (TPSA) is 72.7 Å². The molecule has 1 amide bonds. The van der Waals surface area contributed by atoms with E-state index in [4.69, 9.17) is 4.74 Å². The van der Waals surface area contributed by atoms with Crippen LogP contribution in [-0.2, 0) is 11.3 Å². The van der Waals surface area contributed by atoms with Crippen LogP contribution in [0.2, 0.25) is 0 Å². The molecular weight excluding hydrogens is 390 g/mol. The van der Waals surface area contributed by atoms with E-state index in [1.165, 1.54) is 0 Å². The molecule has 0 aliphatic rings. The summed E-state index contributed by atoms with van der Waals surface area (Å²) in [4.78, 5) is 29.3. The van der Waals surface area contributed by atoms with Crippen molar-refractivity contribution in [1.82, 2.24) is 14.7 Å². The molecule has 2 aromatic heterocycles. The van der Waals surface area contributed by atoms with E-state index in [1.807, 2.05) is 60.0 Å². The van der Waals surface area contributed by atoms with Gasteiger partial charge in [0.05, 0.1) is 17.9 Å². The molecule has 2 aromatic carbocycles. The van der Waals surface area contributed by atoms with Gasteiger partial charge in [0, 0.05) is 12.7 Å². The number of nitrogens with one attached hydrogen (secondary N) is 1. The van der Waals surface area contributed by atoms with Crippen molar-refractivity contribution in [2.24, 2.45) is 0 Å². The molecule has 4 rings (SSSR count). The monoisotopic (exact) mass is 413 g/mol. The quantitative estimate of drug-likeness (QED) is 0.475. The first-order valence-electron chi connectivity index (χ1n) is 10.1. The van der Waals surface area contributed by atoms with Gasteiger partial charge in [-0.15, -0.1) is 0 Å². The number of benzene rings is 2. The fraction of sp³-hybridized carbons (Fsp3) is 0.160. The van der Waals surface area contributed by atoms with Crippen molar-refractivity contribution in [1.29, 1.82) is 0 Å². The predicted octanol–water partition coefficient (Wildman–Crippen LogP) is 4.42. The van der Waals surface area contributed by atoms with Crippen molar-refractivity contribution >= 4 is 17.5 Å². The number of imidazole rings is 1. The third-order valence-corrected chi connectivity index (χ3v) is 5.03. The minimum atomic E-state index is -0.353. The average Bonchev–Trinajstić information content (AvgIpc) is 3.13. The molecule has 0 spiro atoms. The fourth-order valence-corrected chi connectivity index (χ4v) is 3.48. The van der Waals surface area contributed by atoms with Crippen LogP contribution < -0.4 is 5.32 Å². The molecule has 6 heteroatoms. The van der Waals surface area contributed by atoms with Crippen LogP contribution in [0.5, 0.6) is 0 Å². The summed E-state index contributed by atoms with van der Waals surface area (Å²) < 4.78 is 6.82. The van der Waals surface area contributed by atoms with Gasteiger partial charge >= 0.3 is 5.97 Å². The lowest BCUT2D eigenvalue weighted by molar-refractivity contribution is 0.0526. The van der Waals surface area contributed by atoms with Crippen LogP contribution in [0.3, 0.4) is 0 Å². The minimum Gasteiger partial charge on any atom is -0.462 e. The van der Waals surface area contributed by atoms with Gasteiger partial charge in [-0.1, -0.05) is 42.5 Å². The SMILES string of the molecule is CCOC(=O)c1ccc(CNC(=O)c2c(C)nc3ccc(-c4ccccc4)cn23)cc1. The molecule has 0 aliphatic heterocycles.